The van der Waals surface area contributed by atoms with Gasteiger partial charge in [-0.2, -0.15) is 8.78 Å². The number of hydrogen-bond donors (Lipinski definition) is 2. The van der Waals surface area contributed by atoms with Gasteiger partial charge < -0.3 is 20.3 Å². The summed E-state index contributed by atoms with van der Waals surface area (Å²) in [6.07, 6.45) is 2.40. The highest BCUT2D eigenvalue weighted by Gasteiger charge is 2.25. The average molecular weight is 535 g/mol. The highest BCUT2D eigenvalue weighted by molar-refractivity contribution is 14.0. The van der Waals surface area contributed by atoms with Crippen LogP contribution in [0.25, 0.3) is 0 Å². The number of nitrogens with zero attached hydrogens (tertiary/aromatic N) is 3. The highest BCUT2D eigenvalue weighted by atomic mass is 127. The number of pyridine rings is 1. The third-order valence-corrected chi connectivity index (χ3v) is 4.46. The Balaban J connectivity index is 0.00000320. The van der Waals surface area contributed by atoms with Crippen molar-refractivity contribution in [2.24, 2.45) is 4.99 Å². The minimum Gasteiger partial charge on any atom is -0.435 e. The van der Waals surface area contributed by atoms with E-state index in [1.54, 1.807) is 30.5 Å². The van der Waals surface area contributed by atoms with Crippen LogP contribution in [0.15, 0.2) is 47.6 Å². The first-order valence-corrected chi connectivity index (χ1v) is 9.49. The second-order valence-corrected chi connectivity index (χ2v) is 6.61. The number of ether oxygens (including phenoxy) is 1. The summed E-state index contributed by atoms with van der Waals surface area (Å²) in [4.78, 5) is 10.6. The van der Waals surface area contributed by atoms with Crippen LogP contribution in [0, 0.1) is 5.82 Å². The Kier molecular flexibility index (Phi) is 9.47. The molecule has 0 radical (unpaired) electrons. The van der Waals surface area contributed by atoms with Gasteiger partial charge in [0.2, 0.25) is 0 Å². The summed E-state index contributed by atoms with van der Waals surface area (Å²) in [6, 6.07) is 9.53. The molecular weight excluding hydrogens is 510 g/mol. The van der Waals surface area contributed by atoms with Crippen LogP contribution in [0.3, 0.4) is 0 Å². The number of alkyl halides is 2. The van der Waals surface area contributed by atoms with Gasteiger partial charge in [-0.15, -0.1) is 24.0 Å². The lowest BCUT2D eigenvalue weighted by atomic mass is 10.2. The average Bonchev–Trinajstić information content (AvgIpc) is 3.15. The van der Waals surface area contributed by atoms with Crippen molar-refractivity contribution < 1.29 is 17.9 Å². The summed E-state index contributed by atoms with van der Waals surface area (Å²) < 4.78 is 43.1. The van der Waals surface area contributed by atoms with E-state index >= 15 is 0 Å². The van der Waals surface area contributed by atoms with Crippen molar-refractivity contribution in [1.82, 2.24) is 15.6 Å². The third kappa shape index (κ3) is 6.92. The molecule has 1 saturated heterocycles. The molecule has 10 heteroatoms. The molecule has 1 aromatic carbocycles. The molecule has 2 N–H and O–H groups in total. The van der Waals surface area contributed by atoms with Crippen molar-refractivity contribution in [3.05, 3.63) is 54.0 Å². The smallest absolute Gasteiger partial charge is 0.387 e. The molecule has 1 fully saturated rings. The van der Waals surface area contributed by atoms with Crippen LogP contribution in [-0.4, -0.2) is 43.2 Å². The maximum Gasteiger partial charge on any atom is 0.387 e. The Bertz CT molecular complexity index is 840. The fourth-order valence-electron chi connectivity index (χ4n) is 3.18. The lowest BCUT2D eigenvalue weighted by molar-refractivity contribution is -0.0498. The van der Waals surface area contributed by atoms with Crippen LogP contribution in [0.5, 0.6) is 5.75 Å². The van der Waals surface area contributed by atoms with E-state index in [9.17, 15) is 13.2 Å². The topological polar surface area (TPSA) is 61.8 Å². The van der Waals surface area contributed by atoms with Gasteiger partial charge in [0.1, 0.15) is 5.75 Å². The van der Waals surface area contributed by atoms with E-state index in [0.717, 1.165) is 12.0 Å². The van der Waals surface area contributed by atoms with Gasteiger partial charge in [-0.25, -0.2) is 14.4 Å². The number of hydrogen-bond acceptors (Lipinski definition) is 4. The normalized spacial score (nSPS) is 16.4. The molecule has 2 heterocycles. The molecule has 1 atom stereocenters. The monoisotopic (exact) mass is 535 g/mol. The van der Waals surface area contributed by atoms with Crippen molar-refractivity contribution in [3.63, 3.8) is 0 Å². The number of rotatable bonds is 7. The second-order valence-electron chi connectivity index (χ2n) is 6.61. The molecule has 1 aromatic heterocycles. The molecule has 2 aromatic rings. The summed E-state index contributed by atoms with van der Waals surface area (Å²) in [5.41, 5.74) is 0.754. The van der Waals surface area contributed by atoms with E-state index in [-0.39, 0.29) is 41.6 Å². The van der Waals surface area contributed by atoms with Crippen molar-refractivity contribution in [2.75, 3.05) is 24.5 Å². The minimum absolute atomic E-state index is 0. The molecule has 0 amide bonds. The Hall–Kier alpha value is -2.24. The summed E-state index contributed by atoms with van der Waals surface area (Å²) in [7, 11) is 0. The SMILES string of the molecule is CCNC(=NCc1cccc(OC(F)F)c1)NC1CCN(c2ncccc2F)C1.I. The quantitative estimate of drug-likeness (QED) is 0.321. The van der Waals surface area contributed by atoms with Crippen LogP contribution < -0.4 is 20.3 Å². The van der Waals surface area contributed by atoms with Crippen LogP contribution >= 0.6 is 24.0 Å². The molecule has 6 nitrogen and oxygen atoms in total. The molecule has 0 aliphatic carbocycles. The zero-order chi connectivity index (χ0) is 20.6. The van der Waals surface area contributed by atoms with Crippen molar-refractivity contribution in [3.8, 4) is 5.75 Å². The molecule has 1 aliphatic heterocycles. The van der Waals surface area contributed by atoms with E-state index in [0.29, 0.717) is 38.0 Å². The van der Waals surface area contributed by atoms with E-state index in [1.807, 2.05) is 11.8 Å². The Labute approximate surface area is 190 Å². The molecule has 30 heavy (non-hydrogen) atoms. The second kappa shape index (κ2) is 11.8. The fraction of sp³-hybridized carbons (Fsp3) is 0.400. The molecule has 164 valence electrons. The number of nitrogens with one attached hydrogen (secondary N) is 2. The van der Waals surface area contributed by atoms with Gasteiger partial charge in [0.15, 0.2) is 17.6 Å². The maximum atomic E-state index is 14.0. The number of halogens is 4. The number of aromatic nitrogens is 1. The zero-order valence-corrected chi connectivity index (χ0v) is 18.9. The van der Waals surface area contributed by atoms with E-state index in [1.165, 1.54) is 12.1 Å². The molecule has 1 aliphatic rings. The Morgan fingerprint density at radius 1 is 1.33 bits per heavy atom. The van der Waals surface area contributed by atoms with Gasteiger partial charge in [-0.1, -0.05) is 12.1 Å². The Morgan fingerprint density at radius 3 is 2.90 bits per heavy atom. The van der Waals surface area contributed by atoms with Crippen LogP contribution in [0.1, 0.15) is 18.9 Å². The predicted molar refractivity (Wildman–Crippen MR) is 121 cm³/mol. The van der Waals surface area contributed by atoms with Crippen LogP contribution in [-0.2, 0) is 6.54 Å². The van der Waals surface area contributed by atoms with Gasteiger partial charge in [0.25, 0.3) is 0 Å². The fourth-order valence-corrected chi connectivity index (χ4v) is 3.18. The van der Waals surface area contributed by atoms with Gasteiger partial charge in [0, 0.05) is 31.9 Å². The number of benzene rings is 1. The lowest BCUT2D eigenvalue weighted by Crippen LogP contribution is -2.44. The van der Waals surface area contributed by atoms with Gasteiger partial charge >= 0.3 is 6.61 Å². The Morgan fingerprint density at radius 2 is 2.17 bits per heavy atom. The summed E-state index contributed by atoms with van der Waals surface area (Å²) >= 11 is 0. The maximum absolute atomic E-state index is 14.0. The molecule has 1 unspecified atom stereocenters. The molecular formula is C20H25F3IN5O. The standard InChI is InChI=1S/C20H24F3N5O.HI/c1-2-24-20(26-12-14-5-3-6-16(11-14)29-19(22)23)27-15-8-10-28(13-15)18-17(21)7-4-9-25-18;/h3-7,9,11,15,19H,2,8,10,12-13H2,1H3,(H2,24,26,27);1H. The first-order chi connectivity index (χ1) is 14.0. The molecule has 0 saturated carbocycles. The van der Waals surface area contributed by atoms with E-state index < -0.39 is 6.61 Å². The van der Waals surface area contributed by atoms with Gasteiger partial charge in [-0.05, 0) is 43.2 Å². The largest absolute Gasteiger partial charge is 0.435 e. The third-order valence-electron chi connectivity index (χ3n) is 4.46. The van der Waals surface area contributed by atoms with E-state index in [4.69, 9.17) is 0 Å². The van der Waals surface area contributed by atoms with Crippen molar-refractivity contribution in [2.45, 2.75) is 32.5 Å². The number of guanidine groups is 1. The van der Waals surface area contributed by atoms with Crippen molar-refractivity contribution in [1.29, 1.82) is 0 Å². The van der Waals surface area contributed by atoms with Gasteiger partial charge in [0.05, 0.1) is 6.54 Å². The first-order valence-electron chi connectivity index (χ1n) is 9.49. The summed E-state index contributed by atoms with van der Waals surface area (Å²) in [6.45, 7) is 1.38. The van der Waals surface area contributed by atoms with E-state index in [2.05, 4.69) is 25.3 Å². The van der Waals surface area contributed by atoms with Crippen LogP contribution in [0.2, 0.25) is 0 Å². The molecule has 0 bridgehead atoms. The first kappa shape index (κ1) is 24.0. The summed E-state index contributed by atoms with van der Waals surface area (Å²) in [5.74, 6) is 0.740. The summed E-state index contributed by atoms with van der Waals surface area (Å²) in [5, 5.41) is 6.52. The van der Waals surface area contributed by atoms with Gasteiger partial charge in [-0.3, -0.25) is 0 Å². The predicted octanol–water partition coefficient (Wildman–Crippen LogP) is 3.77. The van der Waals surface area contributed by atoms with Crippen molar-refractivity contribution >= 4 is 35.8 Å². The minimum atomic E-state index is -2.86. The number of aliphatic imine (C=N–C) groups is 1. The lowest BCUT2D eigenvalue weighted by Gasteiger charge is -2.20. The molecule has 3 rings (SSSR count). The van der Waals surface area contributed by atoms with Crippen LogP contribution in [0.4, 0.5) is 19.0 Å². The highest BCUT2D eigenvalue weighted by Crippen LogP contribution is 2.21. The number of anilines is 1. The zero-order valence-electron chi connectivity index (χ0n) is 16.5. The molecule has 0 spiro atoms.